The Morgan fingerprint density at radius 1 is 1.07 bits per heavy atom. The molecule has 0 bridgehead atoms. The van der Waals surface area contributed by atoms with Crippen LogP contribution in [0.4, 0.5) is 23.7 Å². The summed E-state index contributed by atoms with van der Waals surface area (Å²) in [5.74, 6) is 0.593. The smallest absolute Gasteiger partial charge is 0.406 e. The number of benzene rings is 3. The van der Waals surface area contributed by atoms with Crippen LogP contribution in [0.3, 0.4) is 0 Å². The summed E-state index contributed by atoms with van der Waals surface area (Å²) < 4.78 is 42.6. The summed E-state index contributed by atoms with van der Waals surface area (Å²) in [4.78, 5) is 35.7. The number of aromatic nitrogens is 3. The van der Waals surface area contributed by atoms with Gasteiger partial charge < -0.3 is 10.1 Å². The Morgan fingerprint density at radius 3 is 2.50 bits per heavy atom. The van der Waals surface area contributed by atoms with Crippen LogP contribution in [0.15, 0.2) is 84.1 Å². The molecule has 1 saturated carbocycles. The first-order chi connectivity index (χ1) is 21.1. The Labute approximate surface area is 255 Å². The van der Waals surface area contributed by atoms with Crippen LogP contribution >= 0.6 is 11.8 Å². The summed E-state index contributed by atoms with van der Waals surface area (Å²) in [5, 5.41) is 7.77. The number of aliphatic imine (C=N–C) groups is 1. The van der Waals surface area contributed by atoms with Gasteiger partial charge in [-0.2, -0.15) is 4.99 Å². The van der Waals surface area contributed by atoms with Gasteiger partial charge in [-0.25, -0.2) is 14.5 Å². The number of amides is 3. The molecule has 1 aliphatic heterocycles. The molecule has 0 radical (unpaired) electrons. The number of anilines is 1. The van der Waals surface area contributed by atoms with Gasteiger partial charge in [0.15, 0.2) is 11.0 Å². The number of hydrogen-bond acceptors (Lipinski definition) is 6. The summed E-state index contributed by atoms with van der Waals surface area (Å²) in [6.07, 6.45) is -2.51. The Morgan fingerprint density at radius 2 is 1.80 bits per heavy atom. The minimum atomic E-state index is -4.76. The van der Waals surface area contributed by atoms with E-state index >= 15 is 0 Å². The van der Waals surface area contributed by atoms with Crippen molar-refractivity contribution < 1.29 is 27.5 Å². The van der Waals surface area contributed by atoms with Gasteiger partial charge in [0.25, 0.3) is 0 Å². The zero-order chi connectivity index (χ0) is 31.0. The van der Waals surface area contributed by atoms with Crippen molar-refractivity contribution in [2.45, 2.75) is 44.5 Å². The van der Waals surface area contributed by atoms with Crippen molar-refractivity contribution in [1.29, 1.82) is 0 Å². The van der Waals surface area contributed by atoms with Gasteiger partial charge >= 0.3 is 12.4 Å². The first-order valence-electron chi connectivity index (χ1n) is 13.9. The second-order valence-corrected chi connectivity index (χ2v) is 11.6. The van der Waals surface area contributed by atoms with E-state index in [9.17, 15) is 22.8 Å². The number of carbonyl (C=O) groups excluding carboxylic acids is 2. The van der Waals surface area contributed by atoms with E-state index in [0.29, 0.717) is 16.7 Å². The number of rotatable bonds is 7. The van der Waals surface area contributed by atoms with Crippen LogP contribution in [0.5, 0.6) is 5.75 Å². The van der Waals surface area contributed by atoms with Gasteiger partial charge in [0.1, 0.15) is 12.1 Å². The maximum absolute atomic E-state index is 12.8. The van der Waals surface area contributed by atoms with Crippen LogP contribution in [-0.2, 0) is 4.79 Å². The number of alkyl halides is 3. The van der Waals surface area contributed by atoms with Crippen molar-refractivity contribution >= 4 is 34.6 Å². The van der Waals surface area contributed by atoms with Crippen molar-refractivity contribution in [3.05, 3.63) is 90.3 Å². The molecule has 226 valence electrons. The fraction of sp³-hybridized carbons (Fsp3) is 0.258. The van der Waals surface area contributed by atoms with E-state index in [2.05, 4.69) is 39.0 Å². The maximum atomic E-state index is 12.8. The number of ether oxygens (including phenoxy) is 1. The second kappa shape index (κ2) is 11.8. The SMILES string of the molecule is CC(C)c1ccccc1N1C(=O)CS/C1=N/C(=O)NC1CC1c1ccc(-c2ncn(-c3ccc(OC(F)(F)F)cc3)n2)cc1. The second-order valence-electron chi connectivity index (χ2n) is 10.7. The van der Waals surface area contributed by atoms with Crippen LogP contribution in [0.2, 0.25) is 0 Å². The molecule has 3 aromatic carbocycles. The highest BCUT2D eigenvalue weighted by atomic mass is 32.2. The molecule has 44 heavy (non-hydrogen) atoms. The lowest BCUT2D eigenvalue weighted by atomic mass is 10.0. The number of para-hydroxylation sites is 1. The number of urea groups is 1. The molecule has 1 aromatic heterocycles. The Kier molecular flexibility index (Phi) is 7.89. The lowest BCUT2D eigenvalue weighted by molar-refractivity contribution is -0.274. The van der Waals surface area contributed by atoms with Crippen LogP contribution in [0.25, 0.3) is 17.1 Å². The monoisotopic (exact) mass is 620 g/mol. The molecule has 0 spiro atoms. The van der Waals surface area contributed by atoms with E-state index in [1.165, 1.54) is 51.9 Å². The first-order valence-corrected chi connectivity index (χ1v) is 14.9. The van der Waals surface area contributed by atoms with Crippen LogP contribution in [-0.4, -0.2) is 50.0 Å². The predicted molar refractivity (Wildman–Crippen MR) is 161 cm³/mol. The fourth-order valence-corrected chi connectivity index (χ4v) is 5.92. The third-order valence-corrected chi connectivity index (χ3v) is 8.21. The van der Waals surface area contributed by atoms with Crippen molar-refractivity contribution in [1.82, 2.24) is 20.1 Å². The molecule has 2 heterocycles. The minimum absolute atomic E-state index is 0.0714. The molecule has 6 rings (SSSR count). The van der Waals surface area contributed by atoms with E-state index < -0.39 is 12.4 Å². The zero-order valence-electron chi connectivity index (χ0n) is 23.7. The third kappa shape index (κ3) is 6.47. The van der Waals surface area contributed by atoms with Crippen molar-refractivity contribution in [3.8, 4) is 22.8 Å². The minimum Gasteiger partial charge on any atom is -0.406 e. The number of nitrogens with one attached hydrogen (secondary N) is 1. The van der Waals surface area contributed by atoms with E-state index in [-0.39, 0.29) is 35.3 Å². The van der Waals surface area contributed by atoms with Crippen LogP contribution < -0.4 is 15.0 Å². The van der Waals surface area contributed by atoms with Crippen LogP contribution in [0.1, 0.15) is 43.2 Å². The van der Waals surface area contributed by atoms with Gasteiger partial charge in [0.2, 0.25) is 5.91 Å². The lowest BCUT2D eigenvalue weighted by Gasteiger charge is -2.21. The van der Waals surface area contributed by atoms with E-state index in [4.69, 9.17) is 0 Å². The van der Waals surface area contributed by atoms with Crippen molar-refractivity contribution in [2.75, 3.05) is 10.7 Å². The van der Waals surface area contributed by atoms with Gasteiger partial charge in [0, 0.05) is 17.5 Å². The number of carbonyl (C=O) groups is 2. The Hall–Kier alpha value is -4.65. The molecule has 1 aliphatic carbocycles. The number of thioether (sulfide) groups is 1. The molecule has 2 fully saturated rings. The largest absolute Gasteiger partial charge is 0.573 e. The lowest BCUT2D eigenvalue weighted by Crippen LogP contribution is -2.32. The van der Waals surface area contributed by atoms with Crippen molar-refractivity contribution in [2.24, 2.45) is 4.99 Å². The summed E-state index contributed by atoms with van der Waals surface area (Å²) in [5.41, 5.74) is 4.10. The van der Waals surface area contributed by atoms with Gasteiger partial charge in [-0.1, -0.05) is 68.1 Å². The first kappa shape index (κ1) is 29.4. The maximum Gasteiger partial charge on any atom is 0.573 e. The normalized spacial score (nSPS) is 19.1. The molecule has 4 aromatic rings. The van der Waals surface area contributed by atoms with Gasteiger partial charge in [-0.3, -0.25) is 9.69 Å². The van der Waals surface area contributed by atoms with E-state index in [1.54, 1.807) is 0 Å². The highest BCUT2D eigenvalue weighted by Crippen LogP contribution is 2.41. The quantitative estimate of drug-likeness (QED) is 0.248. The summed E-state index contributed by atoms with van der Waals surface area (Å²) in [6.45, 7) is 4.11. The molecule has 9 nitrogen and oxygen atoms in total. The number of hydrogen-bond donors (Lipinski definition) is 1. The molecule has 1 N–H and O–H groups in total. The van der Waals surface area contributed by atoms with E-state index in [0.717, 1.165) is 28.8 Å². The molecule has 2 unspecified atom stereocenters. The third-order valence-electron chi connectivity index (χ3n) is 7.29. The Bertz CT molecular complexity index is 1720. The Balaban J connectivity index is 1.07. The number of halogens is 3. The van der Waals surface area contributed by atoms with Crippen LogP contribution in [0, 0.1) is 0 Å². The molecule has 3 amide bonds. The standard InChI is InChI=1S/C31H27F3N6O3S/c1-18(2)23-5-3-4-6-26(23)40-27(41)16-44-30(40)37-29(42)36-25-15-24(25)19-7-9-20(10-8-19)28-35-17-39(38-28)21-11-13-22(14-12-21)43-31(32,33)34/h3-14,17-18,24-25H,15-16H2,1-2H3,(H,36,42)/b37-30+. The highest BCUT2D eigenvalue weighted by Gasteiger charge is 2.40. The summed E-state index contributed by atoms with van der Waals surface area (Å²) >= 11 is 1.25. The average Bonchev–Trinajstić information content (AvgIpc) is 3.39. The number of nitrogens with zero attached hydrogens (tertiary/aromatic N) is 5. The van der Waals surface area contributed by atoms with Gasteiger partial charge in [-0.05, 0) is 53.8 Å². The predicted octanol–water partition coefficient (Wildman–Crippen LogP) is 6.66. The molecule has 13 heteroatoms. The average molecular weight is 621 g/mol. The molecule has 2 atom stereocenters. The van der Waals surface area contributed by atoms with Gasteiger partial charge in [-0.15, -0.1) is 18.3 Å². The molecule has 2 aliphatic rings. The summed E-state index contributed by atoms with van der Waals surface area (Å²) in [7, 11) is 0. The highest BCUT2D eigenvalue weighted by molar-refractivity contribution is 8.15. The fourth-order valence-electron chi connectivity index (χ4n) is 5.06. The molecular weight excluding hydrogens is 593 g/mol. The summed E-state index contributed by atoms with van der Waals surface area (Å²) in [6, 6.07) is 20.1. The molecular formula is C31H27F3N6O3S. The zero-order valence-corrected chi connectivity index (χ0v) is 24.5. The topological polar surface area (TPSA) is 102 Å². The van der Waals surface area contributed by atoms with Crippen molar-refractivity contribution in [3.63, 3.8) is 0 Å². The van der Waals surface area contributed by atoms with Gasteiger partial charge in [0.05, 0.1) is 17.1 Å². The molecule has 1 saturated heterocycles. The van der Waals surface area contributed by atoms with E-state index in [1.807, 2.05) is 48.5 Å². The number of amidine groups is 1.